The van der Waals surface area contributed by atoms with Crippen LogP contribution in [0.15, 0.2) is 88.4 Å². The molecule has 2 aromatic carbocycles. The van der Waals surface area contributed by atoms with E-state index in [-0.39, 0.29) is 9.92 Å². The first-order chi connectivity index (χ1) is 16.4. The first-order valence-electron chi connectivity index (χ1n) is 10.2. The van der Waals surface area contributed by atoms with E-state index in [4.69, 9.17) is 12.2 Å². The van der Waals surface area contributed by atoms with E-state index < -0.39 is 15.7 Å². The number of benzene rings is 2. The van der Waals surface area contributed by atoms with E-state index in [1.807, 2.05) is 12.1 Å². The van der Waals surface area contributed by atoms with Crippen LogP contribution in [0.3, 0.4) is 0 Å². The second-order valence-corrected chi connectivity index (χ2v) is 10.6. The van der Waals surface area contributed by atoms with Crippen LogP contribution >= 0.6 is 23.6 Å². The van der Waals surface area contributed by atoms with Gasteiger partial charge in [-0.05, 0) is 42.0 Å². The summed E-state index contributed by atoms with van der Waals surface area (Å²) in [6.45, 7) is 0.438. The molecule has 6 nitrogen and oxygen atoms in total. The fraction of sp³-hybridized carbons (Fsp3) is 0.0417. The first kappa shape index (κ1) is 22.3. The van der Waals surface area contributed by atoms with E-state index >= 15 is 0 Å². The molecule has 0 saturated carbocycles. The van der Waals surface area contributed by atoms with Crippen molar-refractivity contribution in [2.75, 3.05) is 0 Å². The van der Waals surface area contributed by atoms with Gasteiger partial charge in [-0.15, -0.1) is 11.3 Å². The summed E-state index contributed by atoms with van der Waals surface area (Å²) in [5.41, 5.74) is 3.15. The van der Waals surface area contributed by atoms with Gasteiger partial charge in [-0.2, -0.15) is 0 Å². The highest BCUT2D eigenvalue weighted by molar-refractivity contribution is 7.91. The van der Waals surface area contributed by atoms with Gasteiger partial charge in [0.1, 0.15) is 15.8 Å². The van der Waals surface area contributed by atoms with Crippen LogP contribution in [0.1, 0.15) is 11.3 Å². The molecule has 10 heteroatoms. The molecule has 34 heavy (non-hydrogen) atoms. The number of aromatic amines is 1. The van der Waals surface area contributed by atoms with Gasteiger partial charge in [0.2, 0.25) is 9.84 Å². The number of sulfone groups is 1. The molecule has 170 valence electrons. The molecule has 0 aliphatic rings. The molecule has 0 amide bonds. The van der Waals surface area contributed by atoms with Crippen molar-refractivity contribution in [3.05, 3.63) is 95.5 Å². The van der Waals surface area contributed by atoms with Crippen LogP contribution in [0, 0.1) is 5.82 Å². The summed E-state index contributed by atoms with van der Waals surface area (Å²) in [5.74, 6) is -0.401. The molecular formula is C24H17FN4O2S3. The second kappa shape index (κ2) is 9.05. The molecule has 0 radical (unpaired) electrons. The van der Waals surface area contributed by atoms with Crippen molar-refractivity contribution in [2.24, 2.45) is 0 Å². The highest BCUT2D eigenvalue weighted by Crippen LogP contribution is 2.29. The summed E-state index contributed by atoms with van der Waals surface area (Å²) < 4.78 is 39.5. The number of hydrogen-bond donors (Lipinski definition) is 2. The van der Waals surface area contributed by atoms with Gasteiger partial charge in [0, 0.05) is 40.8 Å². The number of pyridine rings is 1. The molecule has 3 aromatic heterocycles. The molecule has 5 rings (SSSR count). The minimum atomic E-state index is -3.79. The van der Waals surface area contributed by atoms with Crippen molar-refractivity contribution in [1.29, 1.82) is 0 Å². The Balaban J connectivity index is 1.28. The van der Waals surface area contributed by atoms with E-state index in [0.717, 1.165) is 33.5 Å². The second-order valence-electron chi connectivity index (χ2n) is 7.48. The fourth-order valence-corrected chi connectivity index (χ4v) is 5.93. The molecule has 0 bridgehead atoms. The smallest absolute Gasteiger partial charge is 0.224 e. The topological polar surface area (TPSA) is 87.7 Å². The fourth-order valence-electron chi connectivity index (χ4n) is 3.42. The number of fused-ring (bicyclic) bond motifs is 1. The quantitative estimate of drug-likeness (QED) is 0.310. The van der Waals surface area contributed by atoms with Crippen LogP contribution in [-0.2, 0) is 16.4 Å². The standard InChI is InChI=1S/C24H17FN4O2S3/c25-18-3-1-2-16(10-18)24-29-22(14-33-24)34(30,31)19-6-4-15(5-7-19)12-27-23(32)21-11-17-13-26-9-8-20(17)28-21/h1-11,13-14,28H,12H2,(H,27,32). The van der Waals surface area contributed by atoms with Crippen molar-refractivity contribution in [2.45, 2.75) is 16.5 Å². The van der Waals surface area contributed by atoms with Gasteiger partial charge < -0.3 is 10.3 Å². The zero-order valence-electron chi connectivity index (χ0n) is 17.5. The normalized spacial score (nSPS) is 11.6. The van der Waals surface area contributed by atoms with Gasteiger partial charge in [0.05, 0.1) is 10.6 Å². The number of nitrogens with zero attached hydrogens (tertiary/aromatic N) is 2. The summed E-state index contributed by atoms with van der Waals surface area (Å²) >= 11 is 6.63. The zero-order valence-corrected chi connectivity index (χ0v) is 20.0. The lowest BCUT2D eigenvalue weighted by atomic mass is 10.2. The number of aromatic nitrogens is 3. The van der Waals surface area contributed by atoms with Crippen LogP contribution in [-0.4, -0.2) is 28.4 Å². The number of thiocarbonyl (C=S) groups is 1. The predicted molar refractivity (Wildman–Crippen MR) is 134 cm³/mol. The molecule has 0 atom stereocenters. The van der Waals surface area contributed by atoms with Crippen molar-refractivity contribution in [3.8, 4) is 10.6 Å². The monoisotopic (exact) mass is 508 g/mol. The largest absolute Gasteiger partial charge is 0.371 e. The van der Waals surface area contributed by atoms with Gasteiger partial charge in [0.25, 0.3) is 0 Å². The minimum absolute atomic E-state index is 0.0582. The molecule has 5 aromatic rings. The summed E-state index contributed by atoms with van der Waals surface area (Å²) in [5, 5.41) is 6.01. The van der Waals surface area contributed by atoms with Crippen LogP contribution in [0.25, 0.3) is 21.5 Å². The van der Waals surface area contributed by atoms with E-state index in [0.29, 0.717) is 22.1 Å². The Morgan fingerprint density at radius 1 is 1.12 bits per heavy atom. The highest BCUT2D eigenvalue weighted by atomic mass is 32.2. The van der Waals surface area contributed by atoms with Crippen LogP contribution < -0.4 is 5.32 Å². The Kier molecular flexibility index (Phi) is 5.94. The van der Waals surface area contributed by atoms with E-state index in [9.17, 15) is 12.8 Å². The predicted octanol–water partition coefficient (Wildman–Crippen LogP) is 5.12. The van der Waals surface area contributed by atoms with Crippen molar-refractivity contribution < 1.29 is 12.8 Å². The number of thiazole rings is 1. The third-order valence-electron chi connectivity index (χ3n) is 5.18. The average Bonchev–Trinajstić information content (AvgIpc) is 3.51. The maximum Gasteiger partial charge on any atom is 0.224 e. The molecule has 3 heterocycles. The lowest BCUT2D eigenvalue weighted by Crippen LogP contribution is -2.22. The summed E-state index contributed by atoms with van der Waals surface area (Å²) in [7, 11) is -3.79. The Hall–Kier alpha value is -3.47. The number of rotatable bonds is 6. The average molecular weight is 509 g/mol. The van der Waals surface area contributed by atoms with E-state index in [2.05, 4.69) is 20.3 Å². The zero-order chi connectivity index (χ0) is 23.7. The van der Waals surface area contributed by atoms with Crippen molar-refractivity contribution in [1.82, 2.24) is 20.3 Å². The lowest BCUT2D eigenvalue weighted by molar-refractivity contribution is 0.593. The van der Waals surface area contributed by atoms with Crippen LogP contribution in [0.5, 0.6) is 0 Å². The van der Waals surface area contributed by atoms with Gasteiger partial charge >= 0.3 is 0 Å². The Labute approximate surface area is 204 Å². The first-order valence-corrected chi connectivity index (χ1v) is 12.9. The van der Waals surface area contributed by atoms with Crippen molar-refractivity contribution in [3.63, 3.8) is 0 Å². The van der Waals surface area contributed by atoms with Crippen LogP contribution in [0.4, 0.5) is 4.39 Å². The van der Waals surface area contributed by atoms with Gasteiger partial charge in [0.15, 0.2) is 5.03 Å². The molecule has 0 spiro atoms. The Morgan fingerprint density at radius 3 is 2.71 bits per heavy atom. The van der Waals surface area contributed by atoms with E-state index in [1.165, 1.54) is 17.5 Å². The maximum absolute atomic E-state index is 13.5. The Bertz CT molecular complexity index is 1580. The van der Waals surface area contributed by atoms with Crippen LogP contribution in [0.2, 0.25) is 0 Å². The number of H-pyrrole nitrogens is 1. The minimum Gasteiger partial charge on any atom is -0.371 e. The maximum atomic E-state index is 13.5. The Morgan fingerprint density at radius 2 is 1.94 bits per heavy atom. The molecule has 0 saturated heterocycles. The van der Waals surface area contributed by atoms with Gasteiger partial charge in [-0.25, -0.2) is 17.8 Å². The molecule has 0 aliphatic heterocycles. The summed E-state index contributed by atoms with van der Waals surface area (Å²) in [4.78, 5) is 12.3. The molecule has 0 aliphatic carbocycles. The molecular weight excluding hydrogens is 491 g/mol. The third kappa shape index (κ3) is 4.47. The molecule has 0 unspecified atom stereocenters. The summed E-state index contributed by atoms with van der Waals surface area (Å²) in [6, 6.07) is 16.3. The van der Waals surface area contributed by atoms with E-state index in [1.54, 1.807) is 48.8 Å². The highest BCUT2D eigenvalue weighted by Gasteiger charge is 2.21. The van der Waals surface area contributed by atoms with Gasteiger partial charge in [-0.1, -0.05) is 36.5 Å². The molecule has 0 fully saturated rings. The summed E-state index contributed by atoms with van der Waals surface area (Å²) in [6.07, 6.45) is 3.48. The SMILES string of the molecule is O=S(=O)(c1ccc(CNC(=S)c2cc3cnccc3[nH]2)cc1)c1csc(-c2cccc(F)c2)n1. The number of nitrogens with one attached hydrogen (secondary N) is 2. The van der Waals surface area contributed by atoms with Gasteiger partial charge in [-0.3, -0.25) is 4.98 Å². The van der Waals surface area contributed by atoms with Crippen molar-refractivity contribution >= 4 is 49.3 Å². The number of hydrogen-bond acceptors (Lipinski definition) is 6. The third-order valence-corrected chi connectivity index (χ3v) is 8.24. The lowest BCUT2D eigenvalue weighted by Gasteiger charge is -2.08. The number of halogens is 1. The molecule has 2 N–H and O–H groups in total.